The van der Waals surface area contributed by atoms with E-state index in [1.54, 1.807) is 57.4 Å². The number of rotatable bonds is 12. The Morgan fingerprint density at radius 2 is 1.36 bits per heavy atom. The standard InChI is InChI=1S/C31H36O11S2/c1-20-6-14-24(15-7-20)43(32,33)38-19-26(42-44(34,35)25-16-8-21(2)9-17-25)27-28(29-30(39-27)41-31(3,4)40-29)37-18-22-10-12-23(36-5)13-11-22/h6-17,26-30H,18-19H2,1-5H3/t26-,27-,28-,29+,30+/m1/s1. The molecule has 13 heteroatoms. The third kappa shape index (κ3) is 7.49. The molecule has 0 aromatic heterocycles. The van der Waals surface area contributed by atoms with Gasteiger partial charge in [-0.2, -0.15) is 16.8 Å². The van der Waals surface area contributed by atoms with E-state index < -0.39 is 63.3 Å². The molecule has 0 unspecified atom stereocenters. The Morgan fingerprint density at radius 1 is 0.795 bits per heavy atom. The van der Waals surface area contributed by atoms with Gasteiger partial charge >= 0.3 is 0 Å². The van der Waals surface area contributed by atoms with Gasteiger partial charge in [-0.15, -0.1) is 0 Å². The second kappa shape index (κ2) is 12.9. The molecule has 0 amide bonds. The van der Waals surface area contributed by atoms with Crippen LogP contribution in [0, 0.1) is 13.8 Å². The lowest BCUT2D eigenvalue weighted by Crippen LogP contribution is -2.46. The van der Waals surface area contributed by atoms with Gasteiger partial charge in [-0.05, 0) is 69.7 Å². The number of hydrogen-bond donors (Lipinski definition) is 0. The summed E-state index contributed by atoms with van der Waals surface area (Å²) in [6.45, 7) is 6.48. The number of benzene rings is 3. The van der Waals surface area contributed by atoms with Gasteiger partial charge in [0.15, 0.2) is 12.1 Å². The van der Waals surface area contributed by atoms with Crippen LogP contribution >= 0.6 is 0 Å². The highest BCUT2D eigenvalue weighted by Gasteiger charge is 2.58. The molecule has 2 aliphatic heterocycles. The Balaban J connectivity index is 1.44. The molecule has 44 heavy (non-hydrogen) atoms. The highest BCUT2D eigenvalue weighted by atomic mass is 32.2. The Kier molecular flexibility index (Phi) is 9.50. The number of fused-ring (bicyclic) bond motifs is 1. The molecule has 0 N–H and O–H groups in total. The van der Waals surface area contributed by atoms with Gasteiger partial charge in [0.25, 0.3) is 20.2 Å². The van der Waals surface area contributed by atoms with Crippen LogP contribution in [0.1, 0.15) is 30.5 Å². The zero-order chi connectivity index (χ0) is 31.7. The van der Waals surface area contributed by atoms with E-state index in [-0.39, 0.29) is 16.4 Å². The van der Waals surface area contributed by atoms with Crippen molar-refractivity contribution in [2.45, 2.75) is 80.6 Å². The zero-order valence-electron chi connectivity index (χ0n) is 25.0. The van der Waals surface area contributed by atoms with E-state index in [2.05, 4.69) is 0 Å². The van der Waals surface area contributed by atoms with Crippen molar-refractivity contribution < 1.29 is 48.9 Å². The molecule has 0 spiro atoms. The molecule has 11 nitrogen and oxygen atoms in total. The van der Waals surface area contributed by atoms with Crippen LogP contribution in [0.3, 0.4) is 0 Å². The summed E-state index contributed by atoms with van der Waals surface area (Å²) in [5, 5.41) is 0. The fourth-order valence-electron chi connectivity index (χ4n) is 4.94. The first-order valence-electron chi connectivity index (χ1n) is 14.0. The van der Waals surface area contributed by atoms with Crippen molar-refractivity contribution in [3.63, 3.8) is 0 Å². The van der Waals surface area contributed by atoms with E-state index in [1.807, 2.05) is 26.0 Å². The molecule has 0 saturated carbocycles. The number of hydrogen-bond acceptors (Lipinski definition) is 11. The average Bonchev–Trinajstić information content (AvgIpc) is 3.46. The van der Waals surface area contributed by atoms with Crippen molar-refractivity contribution in [1.82, 2.24) is 0 Å². The molecular weight excluding hydrogens is 612 g/mol. The van der Waals surface area contributed by atoms with Crippen LogP contribution in [-0.4, -0.2) is 67.0 Å². The van der Waals surface area contributed by atoms with Crippen LogP contribution in [0.4, 0.5) is 0 Å². The Hall–Kier alpha value is -2.88. The minimum Gasteiger partial charge on any atom is -0.497 e. The predicted octanol–water partition coefficient (Wildman–Crippen LogP) is 4.25. The fraction of sp³-hybridized carbons (Fsp3) is 0.419. The minimum atomic E-state index is -4.40. The van der Waals surface area contributed by atoms with Crippen molar-refractivity contribution in [3.8, 4) is 5.75 Å². The van der Waals surface area contributed by atoms with E-state index in [0.717, 1.165) is 16.7 Å². The van der Waals surface area contributed by atoms with Gasteiger partial charge in [0.1, 0.15) is 30.2 Å². The second-order valence-corrected chi connectivity index (χ2v) is 14.3. The van der Waals surface area contributed by atoms with E-state index in [4.69, 9.17) is 32.1 Å². The van der Waals surface area contributed by atoms with Gasteiger partial charge < -0.3 is 23.7 Å². The number of methoxy groups -OCH3 is 1. The maximum atomic E-state index is 13.4. The van der Waals surface area contributed by atoms with Gasteiger partial charge in [0.05, 0.1) is 30.1 Å². The monoisotopic (exact) mass is 648 g/mol. The predicted molar refractivity (Wildman–Crippen MR) is 158 cm³/mol. The molecule has 5 atom stereocenters. The molecule has 2 fully saturated rings. The summed E-state index contributed by atoms with van der Waals surface area (Å²) in [5.41, 5.74) is 2.51. The van der Waals surface area contributed by atoms with E-state index >= 15 is 0 Å². The third-order valence-electron chi connectivity index (χ3n) is 7.25. The molecule has 5 rings (SSSR count). The maximum absolute atomic E-state index is 13.4. The van der Waals surface area contributed by atoms with Gasteiger partial charge in [-0.1, -0.05) is 47.5 Å². The minimum absolute atomic E-state index is 0.0897. The van der Waals surface area contributed by atoms with Crippen LogP contribution < -0.4 is 4.74 Å². The summed E-state index contributed by atoms with van der Waals surface area (Å²) >= 11 is 0. The molecule has 2 saturated heterocycles. The Morgan fingerprint density at radius 3 is 1.93 bits per heavy atom. The largest absolute Gasteiger partial charge is 0.497 e. The van der Waals surface area contributed by atoms with Crippen molar-refractivity contribution in [2.75, 3.05) is 13.7 Å². The lowest BCUT2D eigenvalue weighted by Gasteiger charge is -2.30. The SMILES string of the molecule is COc1ccc(CO[C@H]2[C@@H]3OC(C)(C)O[C@@H]3O[C@@H]2[C@@H](COS(=O)(=O)c2ccc(C)cc2)OS(=O)(=O)c2ccc(C)cc2)cc1. The van der Waals surface area contributed by atoms with Crippen molar-refractivity contribution in [2.24, 2.45) is 0 Å². The molecule has 0 bridgehead atoms. The van der Waals surface area contributed by atoms with Gasteiger partial charge in [0, 0.05) is 0 Å². The van der Waals surface area contributed by atoms with E-state index in [9.17, 15) is 16.8 Å². The summed E-state index contributed by atoms with van der Waals surface area (Å²) in [4.78, 5) is -0.204. The van der Waals surface area contributed by atoms with Crippen LogP contribution in [0.25, 0.3) is 0 Å². The highest BCUT2D eigenvalue weighted by molar-refractivity contribution is 7.87. The lowest BCUT2D eigenvalue weighted by molar-refractivity contribution is -0.229. The van der Waals surface area contributed by atoms with Gasteiger partial charge in [-0.3, -0.25) is 8.37 Å². The molecule has 3 aromatic rings. The first kappa shape index (κ1) is 32.5. The zero-order valence-corrected chi connectivity index (χ0v) is 26.7. The number of aryl methyl sites for hydroxylation is 2. The third-order valence-corrected chi connectivity index (χ3v) is 9.90. The van der Waals surface area contributed by atoms with Crippen molar-refractivity contribution in [3.05, 3.63) is 89.5 Å². The summed E-state index contributed by atoms with van der Waals surface area (Å²) in [7, 11) is -7.13. The molecular formula is C31H36O11S2. The lowest BCUT2D eigenvalue weighted by atomic mass is 10.1. The summed E-state index contributed by atoms with van der Waals surface area (Å²) in [5.74, 6) is -0.329. The van der Waals surface area contributed by atoms with E-state index in [0.29, 0.717) is 5.75 Å². The maximum Gasteiger partial charge on any atom is 0.297 e. The van der Waals surface area contributed by atoms with Gasteiger partial charge in [0.2, 0.25) is 0 Å². The normalized spacial score (nSPS) is 23.8. The smallest absolute Gasteiger partial charge is 0.297 e. The molecule has 238 valence electrons. The molecule has 2 aliphatic rings. The number of ether oxygens (including phenoxy) is 5. The first-order chi connectivity index (χ1) is 20.8. The Bertz CT molecular complexity index is 1640. The molecule has 3 aromatic carbocycles. The van der Waals surface area contributed by atoms with E-state index in [1.165, 1.54) is 24.3 Å². The quantitative estimate of drug-likeness (QED) is 0.261. The van der Waals surface area contributed by atoms with Crippen molar-refractivity contribution in [1.29, 1.82) is 0 Å². The molecule has 0 aliphatic carbocycles. The van der Waals surface area contributed by atoms with Crippen LogP contribution in [-0.2, 0) is 54.2 Å². The summed E-state index contributed by atoms with van der Waals surface area (Å²) in [6, 6.07) is 19.4. The highest BCUT2D eigenvalue weighted by Crippen LogP contribution is 2.41. The van der Waals surface area contributed by atoms with Crippen LogP contribution in [0.2, 0.25) is 0 Å². The average molecular weight is 649 g/mol. The Labute approximate surface area is 258 Å². The molecule has 0 radical (unpaired) electrons. The van der Waals surface area contributed by atoms with Gasteiger partial charge in [-0.25, -0.2) is 0 Å². The fourth-order valence-corrected chi connectivity index (χ4v) is 6.93. The molecule has 2 heterocycles. The summed E-state index contributed by atoms with van der Waals surface area (Å²) in [6.07, 6.45) is -5.25. The summed E-state index contributed by atoms with van der Waals surface area (Å²) < 4.78 is 93.8. The van der Waals surface area contributed by atoms with Crippen molar-refractivity contribution >= 4 is 20.2 Å². The second-order valence-electron chi connectivity index (χ2n) is 11.1. The first-order valence-corrected chi connectivity index (χ1v) is 16.8. The van der Waals surface area contributed by atoms with Crippen LogP contribution in [0.5, 0.6) is 5.75 Å². The van der Waals surface area contributed by atoms with Crippen LogP contribution in [0.15, 0.2) is 82.6 Å². The topological polar surface area (TPSA) is 133 Å².